The maximum absolute atomic E-state index is 13.5. The lowest BCUT2D eigenvalue weighted by atomic mass is 9.70. The Bertz CT molecular complexity index is 1030. The smallest absolute Gasteiger partial charge is 0.194 e. The van der Waals surface area contributed by atoms with E-state index in [0.29, 0.717) is 25.3 Å². The first-order chi connectivity index (χ1) is 14.1. The Hall–Kier alpha value is -3.13. The molecule has 8 nitrogen and oxygen atoms in total. The molecule has 0 unspecified atom stereocenters. The van der Waals surface area contributed by atoms with Crippen LogP contribution >= 0.6 is 0 Å². The van der Waals surface area contributed by atoms with Crippen molar-refractivity contribution in [3.63, 3.8) is 0 Å². The molecule has 0 spiro atoms. The molecule has 1 heterocycles. The summed E-state index contributed by atoms with van der Waals surface area (Å²) < 4.78 is 10.7. The molecule has 0 aromatic heterocycles. The summed E-state index contributed by atoms with van der Waals surface area (Å²) in [6.45, 7) is 6.92. The van der Waals surface area contributed by atoms with E-state index in [1.165, 1.54) is 26.8 Å². The van der Waals surface area contributed by atoms with Crippen LogP contribution in [-0.2, 0) is 19.7 Å². The molecule has 30 heavy (non-hydrogen) atoms. The van der Waals surface area contributed by atoms with Crippen LogP contribution < -0.4 is 10.1 Å². The lowest BCUT2D eigenvalue weighted by Gasteiger charge is -2.29. The van der Waals surface area contributed by atoms with E-state index in [-0.39, 0.29) is 39.5 Å². The summed E-state index contributed by atoms with van der Waals surface area (Å²) in [5.41, 5.74) is -1.11. The molecule has 1 aliphatic heterocycles. The summed E-state index contributed by atoms with van der Waals surface area (Å²) in [5, 5.41) is 24.2. The normalized spacial score (nSPS) is 21.6. The van der Waals surface area contributed by atoms with Crippen LogP contribution in [0.4, 0.5) is 0 Å². The van der Waals surface area contributed by atoms with Gasteiger partial charge in [-0.1, -0.05) is 0 Å². The number of phenols is 2. The fourth-order valence-electron chi connectivity index (χ4n) is 3.94. The first-order valence-electron chi connectivity index (χ1n) is 9.60. The van der Waals surface area contributed by atoms with E-state index in [9.17, 15) is 24.6 Å². The Morgan fingerprint density at radius 2 is 1.90 bits per heavy atom. The van der Waals surface area contributed by atoms with Crippen molar-refractivity contribution < 1.29 is 34.1 Å². The third-order valence-electron chi connectivity index (χ3n) is 5.68. The van der Waals surface area contributed by atoms with Crippen molar-refractivity contribution in [3.05, 3.63) is 39.8 Å². The number of carbonyl (C=O) groups excluding carboxylic acids is 3. The van der Waals surface area contributed by atoms with Crippen LogP contribution in [0.1, 0.15) is 48.7 Å². The van der Waals surface area contributed by atoms with Gasteiger partial charge in [-0.25, -0.2) is 0 Å². The maximum Gasteiger partial charge on any atom is 0.194 e. The minimum Gasteiger partial charge on any atom is -0.507 e. The van der Waals surface area contributed by atoms with Gasteiger partial charge in [-0.3, -0.25) is 14.4 Å². The fraction of sp³-hybridized carbons (Fsp3) is 0.409. The number of hydrogen-bond donors (Lipinski definition) is 3. The van der Waals surface area contributed by atoms with E-state index in [4.69, 9.17) is 9.47 Å². The summed E-state index contributed by atoms with van der Waals surface area (Å²) in [6.07, 6.45) is 1.89. The Labute approximate surface area is 174 Å². The second-order valence-electron chi connectivity index (χ2n) is 7.66. The van der Waals surface area contributed by atoms with Crippen LogP contribution in [0.5, 0.6) is 17.2 Å². The van der Waals surface area contributed by atoms with Gasteiger partial charge >= 0.3 is 0 Å². The zero-order valence-electron chi connectivity index (χ0n) is 17.6. The Kier molecular flexibility index (Phi) is 5.47. The molecule has 0 saturated carbocycles. The van der Waals surface area contributed by atoms with Crippen LogP contribution in [0, 0.1) is 6.92 Å². The molecule has 160 valence electrons. The van der Waals surface area contributed by atoms with Gasteiger partial charge in [0.15, 0.2) is 17.3 Å². The number of rotatable bonds is 6. The van der Waals surface area contributed by atoms with Crippen molar-refractivity contribution in [2.45, 2.75) is 39.5 Å². The molecule has 0 saturated heterocycles. The van der Waals surface area contributed by atoms with E-state index in [0.717, 1.165) is 0 Å². The van der Waals surface area contributed by atoms with Gasteiger partial charge in [-0.2, -0.15) is 0 Å². The van der Waals surface area contributed by atoms with Crippen molar-refractivity contribution in [1.29, 1.82) is 0 Å². The first-order valence-corrected chi connectivity index (χ1v) is 9.60. The minimum absolute atomic E-state index is 0.0197. The van der Waals surface area contributed by atoms with Gasteiger partial charge < -0.3 is 25.0 Å². The SMILES string of the molecule is COCCCN/C(C)=C1\C(=O)C=C2Oc3c(C(C)=O)c(O)c(C)c(O)c3[C@@]2(C)C1=O. The van der Waals surface area contributed by atoms with E-state index in [1.807, 2.05) is 0 Å². The van der Waals surface area contributed by atoms with Crippen molar-refractivity contribution >= 4 is 17.3 Å². The molecule has 1 aromatic rings. The standard InChI is InChI=1S/C22H25NO7/c1-10-18(26)16(12(3)24)20-17(19(10)27)22(4)14(30-20)9-13(25)15(21(22)28)11(2)23-7-6-8-29-5/h9,23,26-27H,6-8H2,1-5H3/b15-11+/t22-/m0/s1. The molecule has 0 radical (unpaired) electrons. The van der Waals surface area contributed by atoms with Gasteiger partial charge in [0, 0.05) is 37.6 Å². The van der Waals surface area contributed by atoms with Crippen LogP contribution in [0.3, 0.4) is 0 Å². The molecular formula is C22H25NO7. The van der Waals surface area contributed by atoms with Crippen LogP contribution in [0.2, 0.25) is 0 Å². The molecule has 3 N–H and O–H groups in total. The van der Waals surface area contributed by atoms with Crippen LogP contribution in [0.25, 0.3) is 0 Å². The molecule has 1 aliphatic carbocycles. The van der Waals surface area contributed by atoms with Gasteiger partial charge in [-0.05, 0) is 34.1 Å². The van der Waals surface area contributed by atoms with Crippen molar-refractivity contribution in [1.82, 2.24) is 5.32 Å². The van der Waals surface area contributed by atoms with Crippen LogP contribution in [0.15, 0.2) is 23.1 Å². The number of methoxy groups -OCH3 is 1. The predicted octanol–water partition coefficient (Wildman–Crippen LogP) is 2.19. The average Bonchev–Trinajstić information content (AvgIpc) is 2.96. The van der Waals surface area contributed by atoms with Crippen molar-refractivity contribution in [2.24, 2.45) is 0 Å². The third kappa shape index (κ3) is 2.99. The predicted molar refractivity (Wildman–Crippen MR) is 108 cm³/mol. The number of hydrogen-bond acceptors (Lipinski definition) is 8. The van der Waals surface area contributed by atoms with Gasteiger partial charge in [0.1, 0.15) is 34.0 Å². The minimum atomic E-state index is -1.50. The van der Waals surface area contributed by atoms with E-state index < -0.39 is 28.5 Å². The Balaban J connectivity index is 2.18. The van der Waals surface area contributed by atoms with E-state index in [2.05, 4.69) is 5.32 Å². The lowest BCUT2D eigenvalue weighted by Crippen LogP contribution is -2.41. The highest BCUT2D eigenvalue weighted by Gasteiger charge is 2.56. The summed E-state index contributed by atoms with van der Waals surface area (Å²) >= 11 is 0. The summed E-state index contributed by atoms with van der Waals surface area (Å²) in [4.78, 5) is 38.4. The van der Waals surface area contributed by atoms with Crippen molar-refractivity contribution in [3.8, 4) is 17.2 Å². The highest BCUT2D eigenvalue weighted by Crippen LogP contribution is 2.57. The second-order valence-corrected chi connectivity index (χ2v) is 7.66. The number of ketones is 3. The number of carbonyl (C=O) groups is 3. The summed E-state index contributed by atoms with van der Waals surface area (Å²) in [6, 6.07) is 0. The molecule has 2 aliphatic rings. The van der Waals surface area contributed by atoms with Gasteiger partial charge in [-0.15, -0.1) is 0 Å². The molecule has 1 aromatic carbocycles. The number of nitrogens with one attached hydrogen (secondary N) is 1. The third-order valence-corrected chi connectivity index (χ3v) is 5.68. The lowest BCUT2D eigenvalue weighted by molar-refractivity contribution is -0.123. The van der Waals surface area contributed by atoms with Crippen LogP contribution in [-0.4, -0.2) is 47.8 Å². The zero-order chi connectivity index (χ0) is 22.4. The number of ether oxygens (including phenoxy) is 2. The Morgan fingerprint density at radius 3 is 2.50 bits per heavy atom. The topological polar surface area (TPSA) is 122 Å². The summed E-state index contributed by atoms with van der Waals surface area (Å²) in [7, 11) is 1.59. The van der Waals surface area contributed by atoms with Gasteiger partial charge in [0.25, 0.3) is 0 Å². The number of benzene rings is 1. The van der Waals surface area contributed by atoms with E-state index in [1.54, 1.807) is 14.0 Å². The number of allylic oxidation sites excluding steroid dienone is 4. The summed E-state index contributed by atoms with van der Waals surface area (Å²) in [5.74, 6) is -2.38. The zero-order valence-corrected chi connectivity index (χ0v) is 17.6. The monoisotopic (exact) mass is 415 g/mol. The average molecular weight is 415 g/mol. The molecule has 1 atom stereocenters. The highest BCUT2D eigenvalue weighted by atomic mass is 16.5. The molecule has 0 bridgehead atoms. The fourth-order valence-corrected chi connectivity index (χ4v) is 3.94. The van der Waals surface area contributed by atoms with Crippen molar-refractivity contribution in [2.75, 3.05) is 20.3 Å². The number of aromatic hydroxyl groups is 2. The van der Waals surface area contributed by atoms with Gasteiger partial charge in [0.2, 0.25) is 0 Å². The molecule has 3 rings (SSSR count). The highest BCUT2D eigenvalue weighted by molar-refractivity contribution is 6.31. The number of Topliss-reactive ketones (excluding diaryl/α,β-unsaturated/α-hetero) is 2. The molecule has 8 heteroatoms. The van der Waals surface area contributed by atoms with Gasteiger partial charge in [0.05, 0.1) is 11.1 Å². The quantitative estimate of drug-likeness (QED) is 0.280. The number of phenolic OH excluding ortho intramolecular Hbond substituents is 2. The van der Waals surface area contributed by atoms with E-state index >= 15 is 0 Å². The Morgan fingerprint density at radius 1 is 1.23 bits per heavy atom. The second kappa shape index (κ2) is 7.60. The largest absolute Gasteiger partial charge is 0.507 e. The number of fused-ring (bicyclic) bond motifs is 3. The molecule has 0 fully saturated rings. The first kappa shape index (κ1) is 21.6. The molecule has 0 amide bonds. The maximum atomic E-state index is 13.5. The molecular weight excluding hydrogens is 390 g/mol.